The Morgan fingerprint density at radius 3 is 2.45 bits per heavy atom. The van der Waals surface area contributed by atoms with Crippen LogP contribution in [0.15, 0.2) is 24.3 Å². The van der Waals surface area contributed by atoms with Gasteiger partial charge in [0, 0.05) is 0 Å². The van der Waals surface area contributed by atoms with Crippen LogP contribution in [0.25, 0.3) is 0 Å². The minimum atomic E-state index is -1.55. The molecule has 0 aromatic heterocycles. The number of hydrogen-bond donors (Lipinski definition) is 7. The largest absolute Gasteiger partial charge is 0.507 e. The van der Waals surface area contributed by atoms with Crippen molar-refractivity contribution in [2.45, 2.75) is 30.6 Å². The number of phenols is 1. The molecule has 0 bridgehead atoms. The van der Waals surface area contributed by atoms with Crippen LogP contribution in [0, 0.1) is 0 Å². The fourth-order valence-electron chi connectivity index (χ4n) is 2.09. The van der Waals surface area contributed by atoms with Gasteiger partial charge >= 0.3 is 0 Å². The van der Waals surface area contributed by atoms with Crippen LogP contribution in [0.4, 0.5) is 0 Å². The fourth-order valence-corrected chi connectivity index (χ4v) is 2.09. The van der Waals surface area contributed by atoms with Gasteiger partial charge in [0.1, 0.15) is 30.2 Å². The molecule has 2 rings (SSSR count). The number of rotatable bonds is 4. The van der Waals surface area contributed by atoms with Gasteiger partial charge in [-0.1, -0.05) is 12.1 Å². The van der Waals surface area contributed by atoms with Crippen molar-refractivity contribution in [2.24, 2.45) is 0 Å². The zero-order valence-corrected chi connectivity index (χ0v) is 11.5. The highest BCUT2D eigenvalue weighted by Gasteiger charge is 2.43. The van der Waals surface area contributed by atoms with Crippen molar-refractivity contribution >= 4 is 5.91 Å². The van der Waals surface area contributed by atoms with Crippen molar-refractivity contribution in [1.82, 2.24) is 10.9 Å². The summed E-state index contributed by atoms with van der Waals surface area (Å²) in [5.74, 6) is -0.911. The van der Waals surface area contributed by atoms with Crippen LogP contribution in [0.5, 0.6) is 5.75 Å². The van der Waals surface area contributed by atoms with E-state index in [1.54, 1.807) is 12.1 Å². The number of nitrogens with one attached hydrogen (secondary N) is 2. The number of carbonyl (C=O) groups excluding carboxylic acids is 1. The molecule has 1 aromatic rings. The van der Waals surface area contributed by atoms with E-state index in [0.717, 1.165) is 0 Å². The lowest BCUT2D eigenvalue weighted by Crippen LogP contribution is -2.64. The van der Waals surface area contributed by atoms with E-state index in [4.69, 9.17) is 9.84 Å². The van der Waals surface area contributed by atoms with Crippen molar-refractivity contribution < 1.29 is 35.1 Å². The summed E-state index contributed by atoms with van der Waals surface area (Å²) in [7, 11) is 0. The third kappa shape index (κ3) is 3.35. The molecule has 1 aliphatic rings. The standard InChI is InChI=1S/C13H18N2O7/c16-5-8-9(18)10(19)11(20)13(22-8)15-14-12(21)6-3-1-2-4-7(6)17/h1-4,8-11,13,15-20H,5H2,(H,14,21). The molecule has 9 heteroatoms. The van der Waals surface area contributed by atoms with E-state index in [1.807, 2.05) is 0 Å². The fraction of sp³-hybridized carbons (Fsp3) is 0.462. The summed E-state index contributed by atoms with van der Waals surface area (Å²) in [5.41, 5.74) is 4.56. The Morgan fingerprint density at radius 2 is 1.82 bits per heavy atom. The lowest BCUT2D eigenvalue weighted by atomic mass is 9.99. The van der Waals surface area contributed by atoms with Crippen LogP contribution < -0.4 is 10.9 Å². The average Bonchev–Trinajstić information content (AvgIpc) is 2.52. The predicted octanol–water partition coefficient (Wildman–Crippen LogP) is -2.57. The van der Waals surface area contributed by atoms with Crippen molar-refractivity contribution in [3.05, 3.63) is 29.8 Å². The Balaban J connectivity index is 1.98. The number of para-hydroxylation sites is 1. The van der Waals surface area contributed by atoms with E-state index < -0.39 is 43.2 Å². The van der Waals surface area contributed by atoms with Gasteiger partial charge in [-0.25, -0.2) is 5.43 Å². The molecule has 0 aliphatic carbocycles. The summed E-state index contributed by atoms with van der Waals surface area (Å²) in [6, 6.07) is 5.84. The molecule has 7 N–H and O–H groups in total. The highest BCUT2D eigenvalue weighted by atomic mass is 16.6. The second kappa shape index (κ2) is 7.01. The number of benzene rings is 1. The Kier molecular flexibility index (Phi) is 5.29. The summed E-state index contributed by atoms with van der Waals surface area (Å²) in [5, 5.41) is 47.6. The van der Waals surface area contributed by atoms with Gasteiger partial charge in [-0.05, 0) is 12.1 Å². The molecule has 0 saturated carbocycles. The summed E-state index contributed by atoms with van der Waals surface area (Å²) in [4.78, 5) is 11.9. The summed E-state index contributed by atoms with van der Waals surface area (Å²) in [6.07, 6.45) is -6.89. The second-order valence-corrected chi connectivity index (χ2v) is 4.87. The maximum Gasteiger partial charge on any atom is 0.269 e. The first kappa shape index (κ1) is 16.6. The molecular weight excluding hydrogens is 296 g/mol. The zero-order valence-electron chi connectivity index (χ0n) is 11.5. The Bertz CT molecular complexity index is 525. The molecule has 1 amide bonds. The van der Waals surface area contributed by atoms with Crippen LogP contribution in [-0.2, 0) is 4.74 Å². The topological polar surface area (TPSA) is 152 Å². The molecule has 1 heterocycles. The van der Waals surface area contributed by atoms with Crippen LogP contribution in [0.1, 0.15) is 10.4 Å². The van der Waals surface area contributed by atoms with E-state index in [2.05, 4.69) is 10.9 Å². The third-order valence-corrected chi connectivity index (χ3v) is 3.37. The molecule has 1 aromatic carbocycles. The minimum Gasteiger partial charge on any atom is -0.507 e. The quantitative estimate of drug-likeness (QED) is 0.299. The third-order valence-electron chi connectivity index (χ3n) is 3.37. The summed E-state index contributed by atoms with van der Waals surface area (Å²) < 4.78 is 5.15. The molecule has 0 radical (unpaired) electrons. The molecule has 122 valence electrons. The lowest BCUT2D eigenvalue weighted by molar-refractivity contribution is -0.238. The zero-order chi connectivity index (χ0) is 16.3. The van der Waals surface area contributed by atoms with Gasteiger partial charge in [0.25, 0.3) is 5.91 Å². The van der Waals surface area contributed by atoms with E-state index in [-0.39, 0.29) is 11.3 Å². The molecule has 1 fully saturated rings. The number of aromatic hydroxyl groups is 1. The number of amides is 1. The number of carbonyl (C=O) groups is 1. The first-order valence-corrected chi connectivity index (χ1v) is 6.60. The van der Waals surface area contributed by atoms with Gasteiger partial charge in [0.15, 0.2) is 6.23 Å². The van der Waals surface area contributed by atoms with E-state index in [9.17, 15) is 25.2 Å². The second-order valence-electron chi connectivity index (χ2n) is 4.87. The van der Waals surface area contributed by atoms with Crippen LogP contribution >= 0.6 is 0 Å². The van der Waals surface area contributed by atoms with Crippen molar-refractivity contribution in [3.8, 4) is 5.75 Å². The first-order valence-electron chi connectivity index (χ1n) is 6.60. The average molecular weight is 314 g/mol. The molecular formula is C13H18N2O7. The maximum absolute atomic E-state index is 11.9. The number of phenolic OH excluding ortho intramolecular Hbond substituents is 1. The highest BCUT2D eigenvalue weighted by molar-refractivity contribution is 5.96. The Labute approximate surface area is 125 Å². The number of hydrogen-bond acceptors (Lipinski definition) is 8. The number of ether oxygens (including phenoxy) is 1. The van der Waals surface area contributed by atoms with E-state index >= 15 is 0 Å². The van der Waals surface area contributed by atoms with Gasteiger partial charge < -0.3 is 30.3 Å². The highest BCUT2D eigenvalue weighted by Crippen LogP contribution is 2.19. The molecule has 5 atom stereocenters. The van der Waals surface area contributed by atoms with E-state index in [1.165, 1.54) is 12.1 Å². The molecule has 22 heavy (non-hydrogen) atoms. The number of aliphatic hydroxyl groups excluding tert-OH is 4. The molecule has 1 aliphatic heterocycles. The van der Waals surface area contributed by atoms with Crippen LogP contribution in [-0.4, -0.2) is 68.7 Å². The molecule has 1 saturated heterocycles. The summed E-state index contributed by atoms with van der Waals surface area (Å²) in [6.45, 7) is -0.573. The number of hydrazine groups is 1. The van der Waals surface area contributed by atoms with E-state index in [0.29, 0.717) is 0 Å². The molecule has 9 nitrogen and oxygen atoms in total. The van der Waals surface area contributed by atoms with Crippen LogP contribution in [0.2, 0.25) is 0 Å². The van der Waals surface area contributed by atoms with Crippen molar-refractivity contribution in [1.29, 1.82) is 0 Å². The lowest BCUT2D eigenvalue weighted by Gasteiger charge is -2.40. The van der Waals surface area contributed by atoms with Crippen LogP contribution in [0.3, 0.4) is 0 Å². The predicted molar refractivity (Wildman–Crippen MR) is 72.5 cm³/mol. The maximum atomic E-state index is 11.9. The van der Waals surface area contributed by atoms with Crippen molar-refractivity contribution in [2.75, 3.05) is 6.61 Å². The minimum absolute atomic E-state index is 0.000379. The van der Waals surface area contributed by atoms with Gasteiger partial charge in [-0.2, -0.15) is 0 Å². The molecule has 0 spiro atoms. The van der Waals surface area contributed by atoms with Gasteiger partial charge in [0.05, 0.1) is 12.2 Å². The smallest absolute Gasteiger partial charge is 0.269 e. The van der Waals surface area contributed by atoms with Gasteiger partial charge in [-0.15, -0.1) is 0 Å². The SMILES string of the molecule is O=C(NNC1OC(CO)C(O)C(O)C1O)c1ccccc1O. The first-order chi connectivity index (χ1) is 10.5. The monoisotopic (exact) mass is 314 g/mol. The molecule has 5 unspecified atom stereocenters. The normalized spacial score (nSPS) is 31.7. The Morgan fingerprint density at radius 1 is 1.14 bits per heavy atom. The van der Waals surface area contributed by atoms with Gasteiger partial charge in [0.2, 0.25) is 0 Å². The Hall–Kier alpha value is -1.75. The summed E-state index contributed by atoms with van der Waals surface area (Å²) >= 11 is 0. The van der Waals surface area contributed by atoms with Crippen molar-refractivity contribution in [3.63, 3.8) is 0 Å². The van der Waals surface area contributed by atoms with Gasteiger partial charge in [-0.3, -0.25) is 10.2 Å². The number of aliphatic hydroxyl groups is 4.